The third-order valence-corrected chi connectivity index (χ3v) is 4.51. The van der Waals surface area contributed by atoms with E-state index in [9.17, 15) is 4.39 Å². The van der Waals surface area contributed by atoms with Crippen LogP contribution in [0.2, 0.25) is 0 Å². The van der Waals surface area contributed by atoms with E-state index in [1.54, 1.807) is 32.4 Å². The molecule has 0 bridgehead atoms. The zero-order chi connectivity index (χ0) is 19.5. The number of rotatable bonds is 9. The lowest BCUT2D eigenvalue weighted by atomic mass is 10.1. The summed E-state index contributed by atoms with van der Waals surface area (Å²) in [7, 11) is 3.48. The molecular weight excluding hydrogens is 476 g/mol. The van der Waals surface area contributed by atoms with Gasteiger partial charge in [-0.05, 0) is 38.3 Å². The molecule has 1 saturated heterocycles. The molecule has 28 heavy (non-hydrogen) atoms. The zero-order valence-corrected chi connectivity index (χ0v) is 19.4. The predicted octanol–water partition coefficient (Wildman–Crippen LogP) is 3.30. The Hall–Kier alpha value is -1.13. The number of nitrogens with one attached hydrogen (secondary N) is 1. The number of methoxy groups -OCH3 is 1. The van der Waals surface area contributed by atoms with Crippen molar-refractivity contribution < 1.29 is 18.6 Å². The van der Waals surface area contributed by atoms with Crippen LogP contribution in [0.3, 0.4) is 0 Å². The van der Waals surface area contributed by atoms with Crippen molar-refractivity contribution in [2.75, 3.05) is 47.0 Å². The zero-order valence-electron chi connectivity index (χ0n) is 17.0. The minimum Gasteiger partial charge on any atom is -0.486 e. The first-order valence-corrected chi connectivity index (χ1v) is 9.61. The van der Waals surface area contributed by atoms with Gasteiger partial charge in [-0.25, -0.2) is 4.39 Å². The molecule has 0 radical (unpaired) electrons. The molecule has 1 aromatic rings. The second-order valence-corrected chi connectivity index (χ2v) is 6.69. The third kappa shape index (κ3) is 8.48. The van der Waals surface area contributed by atoms with E-state index in [0.717, 1.165) is 51.5 Å². The lowest BCUT2D eigenvalue weighted by molar-refractivity contribution is 0.00984. The highest BCUT2D eigenvalue weighted by Gasteiger charge is 2.22. The maximum Gasteiger partial charge on any atom is 0.193 e. The Bertz CT molecular complexity index is 584. The van der Waals surface area contributed by atoms with Crippen LogP contribution in [-0.4, -0.2) is 70.1 Å². The molecule has 1 aromatic carbocycles. The minimum absolute atomic E-state index is 0. The highest BCUT2D eigenvalue weighted by atomic mass is 127. The second kappa shape index (κ2) is 13.9. The molecule has 8 heteroatoms. The molecule has 0 saturated carbocycles. The monoisotopic (exact) mass is 509 g/mol. The van der Waals surface area contributed by atoms with Gasteiger partial charge in [-0.15, -0.1) is 24.0 Å². The molecule has 1 unspecified atom stereocenters. The SMILES string of the molecule is CN=C(NCC(C)Oc1ccccc1F)N1CCC(OCCCOC)CC1.I. The molecule has 0 aliphatic carbocycles. The van der Waals surface area contributed by atoms with Crippen molar-refractivity contribution in [3.05, 3.63) is 30.1 Å². The summed E-state index contributed by atoms with van der Waals surface area (Å²) >= 11 is 0. The van der Waals surface area contributed by atoms with E-state index in [0.29, 0.717) is 12.6 Å². The summed E-state index contributed by atoms with van der Waals surface area (Å²) in [6.45, 7) is 5.74. The lowest BCUT2D eigenvalue weighted by Crippen LogP contribution is -2.48. The van der Waals surface area contributed by atoms with E-state index in [-0.39, 0.29) is 41.6 Å². The average molecular weight is 509 g/mol. The Morgan fingerprint density at radius 2 is 2.00 bits per heavy atom. The van der Waals surface area contributed by atoms with Crippen molar-refractivity contribution in [2.45, 2.75) is 38.4 Å². The van der Waals surface area contributed by atoms with E-state index in [2.05, 4.69) is 15.2 Å². The number of halogens is 2. The number of hydrogen-bond donors (Lipinski definition) is 1. The number of guanidine groups is 1. The summed E-state index contributed by atoms with van der Waals surface area (Å²) in [6.07, 6.45) is 3.02. The smallest absolute Gasteiger partial charge is 0.193 e. The molecule has 160 valence electrons. The van der Waals surface area contributed by atoms with Gasteiger partial charge in [0, 0.05) is 40.5 Å². The summed E-state index contributed by atoms with van der Waals surface area (Å²) in [5.41, 5.74) is 0. The number of para-hydroxylation sites is 1. The molecule has 1 N–H and O–H groups in total. The van der Waals surface area contributed by atoms with Crippen molar-refractivity contribution in [3.63, 3.8) is 0 Å². The number of ether oxygens (including phenoxy) is 3. The van der Waals surface area contributed by atoms with Crippen molar-refractivity contribution in [1.29, 1.82) is 0 Å². The number of benzene rings is 1. The van der Waals surface area contributed by atoms with Gasteiger partial charge in [-0.1, -0.05) is 12.1 Å². The summed E-state index contributed by atoms with van der Waals surface area (Å²) in [5.74, 6) is 0.770. The molecule has 1 heterocycles. The van der Waals surface area contributed by atoms with Gasteiger partial charge < -0.3 is 24.4 Å². The van der Waals surface area contributed by atoms with Crippen LogP contribution >= 0.6 is 24.0 Å². The molecular formula is C20H33FIN3O3. The van der Waals surface area contributed by atoms with Crippen molar-refractivity contribution in [1.82, 2.24) is 10.2 Å². The highest BCUT2D eigenvalue weighted by Crippen LogP contribution is 2.17. The van der Waals surface area contributed by atoms with E-state index in [4.69, 9.17) is 14.2 Å². The standard InChI is InChI=1S/C20H32FN3O3.HI/c1-16(27-19-8-5-4-7-18(19)21)15-23-20(22-2)24-11-9-17(10-12-24)26-14-6-13-25-3;/h4-5,7-8,16-17H,6,9-15H2,1-3H3,(H,22,23);1H. The first-order valence-electron chi connectivity index (χ1n) is 9.61. The van der Waals surface area contributed by atoms with E-state index < -0.39 is 0 Å². The normalized spacial score (nSPS) is 16.4. The molecule has 0 aromatic heterocycles. The van der Waals surface area contributed by atoms with Gasteiger partial charge in [-0.3, -0.25) is 4.99 Å². The Kier molecular flexibility index (Phi) is 12.4. The molecule has 0 amide bonds. The maximum absolute atomic E-state index is 13.7. The van der Waals surface area contributed by atoms with Crippen molar-refractivity contribution in [2.24, 2.45) is 4.99 Å². The van der Waals surface area contributed by atoms with Crippen LogP contribution in [0.4, 0.5) is 4.39 Å². The summed E-state index contributed by atoms with van der Waals surface area (Å²) < 4.78 is 30.3. The van der Waals surface area contributed by atoms with Crippen LogP contribution in [0.15, 0.2) is 29.3 Å². The van der Waals surface area contributed by atoms with Crippen LogP contribution in [0.1, 0.15) is 26.2 Å². The van der Waals surface area contributed by atoms with Gasteiger partial charge in [-0.2, -0.15) is 0 Å². The Labute approximate surface area is 184 Å². The fraction of sp³-hybridized carbons (Fsp3) is 0.650. The van der Waals surface area contributed by atoms with Gasteiger partial charge in [0.2, 0.25) is 0 Å². The van der Waals surface area contributed by atoms with E-state index in [1.165, 1.54) is 6.07 Å². The molecule has 0 spiro atoms. The lowest BCUT2D eigenvalue weighted by Gasteiger charge is -2.34. The first kappa shape index (κ1) is 24.9. The third-order valence-electron chi connectivity index (χ3n) is 4.51. The Balaban J connectivity index is 0.00000392. The van der Waals surface area contributed by atoms with Gasteiger partial charge in [0.05, 0.1) is 12.6 Å². The molecule has 1 aliphatic rings. The Morgan fingerprint density at radius 3 is 2.64 bits per heavy atom. The van der Waals surface area contributed by atoms with Crippen molar-refractivity contribution in [3.8, 4) is 5.75 Å². The summed E-state index contributed by atoms with van der Waals surface area (Å²) in [6, 6.07) is 6.45. The van der Waals surface area contributed by atoms with Gasteiger partial charge in [0.1, 0.15) is 6.10 Å². The number of hydrogen-bond acceptors (Lipinski definition) is 4. The van der Waals surface area contributed by atoms with E-state index >= 15 is 0 Å². The molecule has 1 atom stereocenters. The number of nitrogens with zero attached hydrogens (tertiary/aromatic N) is 2. The number of aliphatic imine (C=N–C) groups is 1. The largest absolute Gasteiger partial charge is 0.486 e. The van der Waals surface area contributed by atoms with Gasteiger partial charge in [0.25, 0.3) is 0 Å². The van der Waals surface area contributed by atoms with Crippen molar-refractivity contribution >= 4 is 29.9 Å². The van der Waals surface area contributed by atoms with Crippen LogP contribution in [0, 0.1) is 5.82 Å². The maximum atomic E-state index is 13.7. The topological polar surface area (TPSA) is 55.3 Å². The predicted molar refractivity (Wildman–Crippen MR) is 120 cm³/mol. The molecule has 6 nitrogen and oxygen atoms in total. The van der Waals surface area contributed by atoms with Crippen LogP contribution in [0.25, 0.3) is 0 Å². The van der Waals surface area contributed by atoms with Crippen LogP contribution < -0.4 is 10.1 Å². The van der Waals surface area contributed by atoms with Crippen LogP contribution in [-0.2, 0) is 9.47 Å². The fourth-order valence-corrected chi connectivity index (χ4v) is 3.05. The summed E-state index contributed by atoms with van der Waals surface area (Å²) in [4.78, 5) is 6.59. The number of likely N-dealkylation sites (tertiary alicyclic amines) is 1. The number of piperidine rings is 1. The molecule has 1 aliphatic heterocycles. The summed E-state index contributed by atoms with van der Waals surface area (Å²) in [5, 5.41) is 3.32. The fourth-order valence-electron chi connectivity index (χ4n) is 3.05. The van der Waals surface area contributed by atoms with Gasteiger partial charge >= 0.3 is 0 Å². The second-order valence-electron chi connectivity index (χ2n) is 6.69. The highest BCUT2D eigenvalue weighted by molar-refractivity contribution is 14.0. The quantitative estimate of drug-likeness (QED) is 0.240. The van der Waals surface area contributed by atoms with Crippen LogP contribution in [0.5, 0.6) is 5.75 Å². The minimum atomic E-state index is -0.346. The van der Waals surface area contributed by atoms with Gasteiger partial charge in [0.15, 0.2) is 17.5 Å². The molecule has 1 fully saturated rings. The average Bonchev–Trinajstić information content (AvgIpc) is 2.68. The molecule has 2 rings (SSSR count). The van der Waals surface area contributed by atoms with E-state index in [1.807, 2.05) is 6.92 Å². The first-order chi connectivity index (χ1) is 13.1. The Morgan fingerprint density at radius 1 is 1.29 bits per heavy atom.